The van der Waals surface area contributed by atoms with Crippen LogP contribution in [-0.2, 0) is 0 Å². The van der Waals surface area contributed by atoms with Gasteiger partial charge in [0.2, 0.25) is 0 Å². The van der Waals surface area contributed by atoms with E-state index in [-0.39, 0.29) is 17.4 Å². The van der Waals surface area contributed by atoms with Crippen molar-refractivity contribution in [2.24, 2.45) is 0 Å². The molecule has 0 aliphatic rings. The lowest BCUT2D eigenvalue weighted by Gasteiger charge is -2.07. The summed E-state index contributed by atoms with van der Waals surface area (Å²) in [5.41, 5.74) is -0.0841. The second-order valence-corrected chi connectivity index (χ2v) is 5.08. The number of hydrogen-bond acceptors (Lipinski definition) is 5. The van der Waals surface area contributed by atoms with E-state index >= 15 is 0 Å². The number of non-ortho nitro benzene ring substituents is 1. The van der Waals surface area contributed by atoms with Gasteiger partial charge in [0.15, 0.2) is 17.8 Å². The Morgan fingerprint density at radius 3 is 2.37 bits per heavy atom. The van der Waals surface area contributed by atoms with Crippen molar-refractivity contribution in [3.05, 3.63) is 49.1 Å². The molecule has 0 amide bonds. The van der Waals surface area contributed by atoms with E-state index < -0.39 is 4.92 Å². The molecule has 1 heterocycles. The third-order valence-electron chi connectivity index (χ3n) is 2.11. The molecule has 0 atom stereocenters. The second kappa shape index (κ2) is 5.54. The topological polar surface area (TPSA) is 82.6 Å². The summed E-state index contributed by atoms with van der Waals surface area (Å²) in [6.45, 7) is 0. The fourth-order valence-electron chi connectivity index (χ4n) is 1.30. The molecule has 6 nitrogen and oxygen atoms in total. The summed E-state index contributed by atoms with van der Waals surface area (Å²) in [5.74, 6) is 0.555. The van der Waals surface area contributed by atoms with Crippen LogP contribution in [-0.4, -0.2) is 11.2 Å². The molecule has 2 rings (SSSR count). The van der Waals surface area contributed by atoms with Gasteiger partial charge < -0.3 is 9.15 Å². The van der Waals surface area contributed by atoms with E-state index in [0.717, 1.165) is 0 Å². The molecule has 19 heavy (non-hydrogen) atoms. The molecule has 8 heteroatoms. The molecule has 1 aromatic carbocycles. The number of rotatable bonds is 4. The van der Waals surface area contributed by atoms with E-state index in [1.54, 1.807) is 0 Å². The lowest BCUT2D eigenvalue weighted by atomic mass is 10.3. The fraction of sp³-hybridized carbons (Fsp3) is 0. The number of halogens is 2. The zero-order valence-corrected chi connectivity index (χ0v) is 12.3. The summed E-state index contributed by atoms with van der Waals surface area (Å²) in [7, 11) is 0. The van der Waals surface area contributed by atoms with Gasteiger partial charge in [0.05, 0.1) is 13.9 Å². The predicted molar refractivity (Wildman–Crippen MR) is 72.7 cm³/mol. The highest BCUT2D eigenvalue weighted by Crippen LogP contribution is 2.39. The van der Waals surface area contributed by atoms with Crippen molar-refractivity contribution < 1.29 is 18.9 Å². The van der Waals surface area contributed by atoms with Crippen LogP contribution in [0.15, 0.2) is 37.6 Å². The van der Waals surface area contributed by atoms with Crippen LogP contribution in [0.1, 0.15) is 10.6 Å². The van der Waals surface area contributed by atoms with Crippen molar-refractivity contribution in [2.45, 2.75) is 0 Å². The first kappa shape index (κ1) is 13.8. The molecule has 98 valence electrons. The molecule has 0 aliphatic carbocycles. The van der Waals surface area contributed by atoms with Gasteiger partial charge in [-0.1, -0.05) is 0 Å². The zero-order valence-electron chi connectivity index (χ0n) is 9.13. The Balaban J connectivity index is 2.35. The number of carbonyl (C=O) groups is 1. The molecule has 0 unspecified atom stereocenters. The predicted octanol–water partition coefficient (Wildman–Crippen LogP) is 4.32. The quantitative estimate of drug-likeness (QED) is 0.441. The van der Waals surface area contributed by atoms with Crippen LogP contribution in [0.4, 0.5) is 5.69 Å². The first-order valence-corrected chi connectivity index (χ1v) is 6.46. The minimum Gasteiger partial charge on any atom is -0.424 e. The molecule has 0 saturated heterocycles. The van der Waals surface area contributed by atoms with Gasteiger partial charge in [-0.2, -0.15) is 0 Å². The number of aldehydes is 1. The minimum atomic E-state index is -0.517. The van der Waals surface area contributed by atoms with Crippen molar-refractivity contribution in [1.29, 1.82) is 0 Å². The van der Waals surface area contributed by atoms with Crippen molar-refractivity contribution in [2.75, 3.05) is 0 Å². The molecule has 0 radical (unpaired) electrons. The summed E-state index contributed by atoms with van der Waals surface area (Å²) < 4.78 is 11.2. The van der Waals surface area contributed by atoms with Crippen molar-refractivity contribution >= 4 is 43.8 Å². The molecule has 0 bridgehead atoms. The number of nitrogens with zero attached hydrogens (tertiary/aromatic N) is 1. The van der Waals surface area contributed by atoms with Crippen LogP contribution in [0.2, 0.25) is 0 Å². The molecule has 1 aromatic heterocycles. The first-order valence-electron chi connectivity index (χ1n) is 4.87. The second-order valence-electron chi connectivity index (χ2n) is 3.37. The Hall–Kier alpha value is -1.67. The maximum absolute atomic E-state index is 10.7. The van der Waals surface area contributed by atoms with Crippen LogP contribution in [0.3, 0.4) is 0 Å². The molecular formula is C11H5Br2NO5. The van der Waals surface area contributed by atoms with Crippen molar-refractivity contribution in [3.8, 4) is 11.7 Å². The van der Waals surface area contributed by atoms with Crippen LogP contribution >= 0.6 is 31.9 Å². The lowest BCUT2D eigenvalue weighted by Crippen LogP contribution is -1.91. The third kappa shape index (κ3) is 3.02. The molecular weight excluding hydrogens is 386 g/mol. The summed E-state index contributed by atoms with van der Waals surface area (Å²) in [5, 5.41) is 10.7. The smallest absolute Gasteiger partial charge is 0.290 e. The van der Waals surface area contributed by atoms with E-state index in [1.807, 2.05) is 0 Å². The maximum atomic E-state index is 10.7. The number of ether oxygens (including phenoxy) is 1. The molecule has 0 spiro atoms. The Morgan fingerprint density at radius 1 is 1.26 bits per heavy atom. The number of benzene rings is 1. The Morgan fingerprint density at radius 2 is 1.89 bits per heavy atom. The van der Waals surface area contributed by atoms with Gasteiger partial charge in [-0.3, -0.25) is 14.9 Å². The standard InChI is InChI=1S/C11H5Br2NO5/c12-8-3-6(14(16)17)4-9(13)11(8)19-10-2-1-7(5-15)18-10/h1-5H. The third-order valence-corrected chi connectivity index (χ3v) is 3.29. The fourth-order valence-corrected chi connectivity index (χ4v) is 2.63. The number of carbonyl (C=O) groups excluding carboxylic acids is 1. The molecule has 0 fully saturated rings. The highest BCUT2D eigenvalue weighted by atomic mass is 79.9. The Kier molecular flexibility index (Phi) is 4.01. The molecule has 2 aromatic rings. The molecule has 0 saturated carbocycles. The number of nitro groups is 1. The van der Waals surface area contributed by atoms with E-state index in [2.05, 4.69) is 31.9 Å². The van der Waals surface area contributed by atoms with Crippen LogP contribution < -0.4 is 4.74 Å². The van der Waals surface area contributed by atoms with E-state index in [4.69, 9.17) is 9.15 Å². The number of furan rings is 1. The summed E-state index contributed by atoms with van der Waals surface area (Å²) in [6, 6.07) is 5.55. The average Bonchev–Trinajstić information content (AvgIpc) is 2.81. The maximum Gasteiger partial charge on any atom is 0.290 e. The van der Waals surface area contributed by atoms with E-state index in [0.29, 0.717) is 21.0 Å². The molecule has 0 N–H and O–H groups in total. The first-order chi connectivity index (χ1) is 9.01. The van der Waals surface area contributed by atoms with E-state index in [9.17, 15) is 14.9 Å². The van der Waals surface area contributed by atoms with Crippen LogP contribution in [0.5, 0.6) is 11.7 Å². The monoisotopic (exact) mass is 389 g/mol. The van der Waals surface area contributed by atoms with Gasteiger partial charge in [0.1, 0.15) is 0 Å². The van der Waals surface area contributed by atoms with Crippen molar-refractivity contribution in [1.82, 2.24) is 0 Å². The Bertz CT molecular complexity index is 629. The molecule has 0 aliphatic heterocycles. The van der Waals surface area contributed by atoms with Gasteiger partial charge in [0.25, 0.3) is 11.6 Å². The van der Waals surface area contributed by atoms with Gasteiger partial charge >= 0.3 is 0 Å². The highest BCUT2D eigenvalue weighted by Gasteiger charge is 2.16. The van der Waals surface area contributed by atoms with E-state index in [1.165, 1.54) is 24.3 Å². The number of hydrogen-bond donors (Lipinski definition) is 0. The lowest BCUT2D eigenvalue weighted by molar-refractivity contribution is -0.385. The summed E-state index contributed by atoms with van der Waals surface area (Å²) >= 11 is 6.35. The highest BCUT2D eigenvalue weighted by molar-refractivity contribution is 9.11. The number of nitro benzene ring substituents is 1. The van der Waals surface area contributed by atoms with Crippen molar-refractivity contribution in [3.63, 3.8) is 0 Å². The summed E-state index contributed by atoms with van der Waals surface area (Å²) in [6.07, 6.45) is 0.548. The van der Waals surface area contributed by atoms with Gasteiger partial charge in [-0.25, -0.2) is 0 Å². The Labute approximate surface area is 123 Å². The largest absolute Gasteiger partial charge is 0.424 e. The van der Waals surface area contributed by atoms with Crippen LogP contribution in [0, 0.1) is 10.1 Å². The summed E-state index contributed by atoms with van der Waals surface area (Å²) in [4.78, 5) is 20.6. The average molecular weight is 391 g/mol. The van der Waals surface area contributed by atoms with Crippen LogP contribution in [0.25, 0.3) is 0 Å². The van der Waals surface area contributed by atoms with Gasteiger partial charge in [-0.15, -0.1) is 0 Å². The zero-order chi connectivity index (χ0) is 14.0. The minimum absolute atomic E-state index is 0.0841. The normalized spacial score (nSPS) is 10.2. The van der Waals surface area contributed by atoms with Gasteiger partial charge in [0, 0.05) is 18.2 Å². The van der Waals surface area contributed by atoms with Gasteiger partial charge in [-0.05, 0) is 37.9 Å². The SMILES string of the molecule is O=Cc1ccc(Oc2c(Br)cc([N+](=O)[O-])cc2Br)o1.